The van der Waals surface area contributed by atoms with Crippen molar-refractivity contribution in [1.82, 2.24) is 9.78 Å². The third-order valence-corrected chi connectivity index (χ3v) is 2.56. The van der Waals surface area contributed by atoms with Crippen molar-refractivity contribution in [2.24, 2.45) is 0 Å². The zero-order valence-electron chi connectivity index (χ0n) is 8.60. The fraction of sp³-hybridized carbons (Fsp3) is 0.0909. The van der Waals surface area contributed by atoms with Crippen molar-refractivity contribution in [3.05, 3.63) is 52.0 Å². The molecule has 0 aliphatic rings. The number of hydrogen-bond acceptors (Lipinski definition) is 2. The molecular formula is C11H8BrFN2O2. The molecule has 0 unspecified atom stereocenters. The van der Waals surface area contributed by atoms with Crippen LogP contribution < -0.4 is 0 Å². The van der Waals surface area contributed by atoms with Gasteiger partial charge in [0.15, 0.2) is 0 Å². The van der Waals surface area contributed by atoms with Gasteiger partial charge in [-0.2, -0.15) is 5.10 Å². The molecule has 88 valence electrons. The van der Waals surface area contributed by atoms with Crippen LogP contribution >= 0.6 is 15.9 Å². The van der Waals surface area contributed by atoms with Crippen LogP contribution in [0.1, 0.15) is 15.9 Å². The lowest BCUT2D eigenvalue weighted by Gasteiger charge is -2.04. The Hall–Kier alpha value is -1.69. The molecule has 0 aliphatic carbocycles. The van der Waals surface area contributed by atoms with Crippen molar-refractivity contribution in [2.45, 2.75) is 6.54 Å². The molecule has 0 atom stereocenters. The summed E-state index contributed by atoms with van der Waals surface area (Å²) in [5, 5.41) is 12.8. The highest BCUT2D eigenvalue weighted by atomic mass is 79.9. The van der Waals surface area contributed by atoms with Gasteiger partial charge < -0.3 is 5.11 Å². The van der Waals surface area contributed by atoms with Gasteiger partial charge in [0.1, 0.15) is 5.82 Å². The van der Waals surface area contributed by atoms with Gasteiger partial charge in [-0.3, -0.25) is 4.68 Å². The third kappa shape index (κ3) is 2.91. The minimum atomic E-state index is -1.15. The van der Waals surface area contributed by atoms with Crippen molar-refractivity contribution >= 4 is 21.9 Å². The van der Waals surface area contributed by atoms with E-state index >= 15 is 0 Å². The van der Waals surface area contributed by atoms with Crippen LogP contribution in [-0.2, 0) is 6.54 Å². The van der Waals surface area contributed by atoms with E-state index in [0.29, 0.717) is 12.1 Å². The Morgan fingerprint density at radius 2 is 2.24 bits per heavy atom. The van der Waals surface area contributed by atoms with Gasteiger partial charge in [0.25, 0.3) is 0 Å². The molecule has 0 saturated carbocycles. The number of carboxylic acids is 1. The molecule has 0 aliphatic heterocycles. The minimum absolute atomic E-state index is 0.0637. The summed E-state index contributed by atoms with van der Waals surface area (Å²) in [4.78, 5) is 10.8. The van der Waals surface area contributed by atoms with Crippen LogP contribution in [0.4, 0.5) is 4.39 Å². The molecule has 2 aromatic rings. The number of carboxylic acid groups (broad SMARTS) is 1. The number of carbonyl (C=O) groups is 1. The predicted octanol–water partition coefficient (Wildman–Crippen LogP) is 2.53. The van der Waals surface area contributed by atoms with Crippen LogP contribution in [0.15, 0.2) is 35.1 Å². The van der Waals surface area contributed by atoms with Gasteiger partial charge in [0.05, 0.1) is 22.8 Å². The van der Waals surface area contributed by atoms with E-state index in [1.165, 1.54) is 12.1 Å². The highest BCUT2D eigenvalue weighted by Gasteiger charge is 2.07. The molecule has 2 rings (SSSR count). The third-order valence-electron chi connectivity index (χ3n) is 2.15. The summed E-state index contributed by atoms with van der Waals surface area (Å²) in [6.45, 7) is 0.323. The van der Waals surface area contributed by atoms with Gasteiger partial charge in [0, 0.05) is 6.20 Å². The molecule has 1 aromatic carbocycles. The number of hydrogen-bond donors (Lipinski definition) is 1. The van der Waals surface area contributed by atoms with E-state index in [4.69, 9.17) is 5.11 Å². The predicted molar refractivity (Wildman–Crippen MR) is 62.4 cm³/mol. The molecule has 0 fully saturated rings. The molecule has 17 heavy (non-hydrogen) atoms. The smallest absolute Gasteiger partial charge is 0.335 e. The van der Waals surface area contributed by atoms with E-state index in [1.807, 2.05) is 0 Å². The van der Waals surface area contributed by atoms with Gasteiger partial charge in [-0.05, 0) is 39.7 Å². The summed E-state index contributed by atoms with van der Waals surface area (Å²) in [5.41, 5.74) is 0.490. The Morgan fingerprint density at radius 1 is 1.47 bits per heavy atom. The molecule has 0 radical (unpaired) electrons. The molecule has 0 saturated heterocycles. The summed E-state index contributed by atoms with van der Waals surface area (Å²) in [7, 11) is 0. The van der Waals surface area contributed by atoms with Crippen LogP contribution in [0.25, 0.3) is 0 Å². The summed E-state index contributed by atoms with van der Waals surface area (Å²) in [6, 6.07) is 3.72. The normalized spacial score (nSPS) is 10.5. The Morgan fingerprint density at radius 3 is 2.82 bits per heavy atom. The molecule has 1 N–H and O–H groups in total. The van der Waals surface area contributed by atoms with Crippen LogP contribution in [-0.4, -0.2) is 20.9 Å². The van der Waals surface area contributed by atoms with Gasteiger partial charge in [0.2, 0.25) is 0 Å². The highest BCUT2D eigenvalue weighted by Crippen LogP contribution is 2.12. The summed E-state index contributed by atoms with van der Waals surface area (Å²) in [5.74, 6) is -1.71. The Labute approximate surface area is 105 Å². The molecule has 0 amide bonds. The van der Waals surface area contributed by atoms with E-state index < -0.39 is 11.8 Å². The van der Waals surface area contributed by atoms with Crippen LogP contribution in [0.3, 0.4) is 0 Å². The average molecular weight is 299 g/mol. The summed E-state index contributed by atoms with van der Waals surface area (Å²) in [6.07, 6.45) is 3.34. The molecular weight excluding hydrogens is 291 g/mol. The molecule has 4 nitrogen and oxygen atoms in total. The first-order valence-corrected chi connectivity index (χ1v) is 5.54. The second-order valence-corrected chi connectivity index (χ2v) is 4.43. The number of benzene rings is 1. The van der Waals surface area contributed by atoms with E-state index in [9.17, 15) is 9.18 Å². The number of rotatable bonds is 3. The first kappa shape index (κ1) is 11.8. The minimum Gasteiger partial charge on any atom is -0.478 e. The Kier molecular flexibility index (Phi) is 3.23. The van der Waals surface area contributed by atoms with E-state index in [1.54, 1.807) is 17.1 Å². The van der Waals surface area contributed by atoms with Gasteiger partial charge in [-0.15, -0.1) is 0 Å². The molecule has 1 aromatic heterocycles. The van der Waals surface area contributed by atoms with Gasteiger partial charge >= 0.3 is 5.97 Å². The SMILES string of the molecule is O=C(O)c1cc(F)cc(Cn2cc(Br)cn2)c1. The lowest BCUT2D eigenvalue weighted by Crippen LogP contribution is -2.04. The number of aromatic carboxylic acids is 1. The molecule has 6 heteroatoms. The number of halogens is 2. The zero-order valence-corrected chi connectivity index (χ0v) is 10.2. The standard InChI is InChI=1S/C11H8BrFN2O2/c12-9-4-14-15(6-9)5-7-1-8(11(16)17)3-10(13)2-7/h1-4,6H,5H2,(H,16,17). The van der Waals surface area contributed by atoms with E-state index in [0.717, 1.165) is 10.5 Å². The van der Waals surface area contributed by atoms with Crippen LogP contribution in [0.2, 0.25) is 0 Å². The van der Waals surface area contributed by atoms with E-state index in [-0.39, 0.29) is 5.56 Å². The quantitative estimate of drug-likeness (QED) is 0.947. The highest BCUT2D eigenvalue weighted by molar-refractivity contribution is 9.10. The zero-order chi connectivity index (χ0) is 12.4. The van der Waals surface area contributed by atoms with Gasteiger partial charge in [-0.1, -0.05) is 0 Å². The first-order valence-electron chi connectivity index (χ1n) is 4.75. The van der Waals surface area contributed by atoms with Crippen molar-refractivity contribution < 1.29 is 14.3 Å². The lowest BCUT2D eigenvalue weighted by molar-refractivity contribution is 0.0696. The van der Waals surface area contributed by atoms with Crippen molar-refractivity contribution in [3.63, 3.8) is 0 Å². The fourth-order valence-electron chi connectivity index (χ4n) is 1.48. The first-order chi connectivity index (χ1) is 8.04. The van der Waals surface area contributed by atoms with E-state index in [2.05, 4.69) is 21.0 Å². The monoisotopic (exact) mass is 298 g/mol. The van der Waals surface area contributed by atoms with Crippen LogP contribution in [0.5, 0.6) is 0 Å². The Bertz CT molecular complexity index is 568. The molecule has 1 heterocycles. The molecule has 0 bridgehead atoms. The average Bonchev–Trinajstić information content (AvgIpc) is 2.63. The largest absolute Gasteiger partial charge is 0.478 e. The summed E-state index contributed by atoms with van der Waals surface area (Å²) < 4.78 is 15.6. The summed E-state index contributed by atoms with van der Waals surface area (Å²) >= 11 is 3.25. The van der Waals surface area contributed by atoms with Crippen molar-refractivity contribution in [2.75, 3.05) is 0 Å². The van der Waals surface area contributed by atoms with Crippen molar-refractivity contribution in [3.8, 4) is 0 Å². The fourth-order valence-corrected chi connectivity index (χ4v) is 1.80. The maximum atomic E-state index is 13.2. The maximum Gasteiger partial charge on any atom is 0.335 e. The lowest BCUT2D eigenvalue weighted by atomic mass is 10.1. The maximum absolute atomic E-state index is 13.2. The Balaban J connectivity index is 2.29. The van der Waals surface area contributed by atoms with Crippen molar-refractivity contribution in [1.29, 1.82) is 0 Å². The van der Waals surface area contributed by atoms with Crippen LogP contribution in [0, 0.1) is 5.82 Å². The van der Waals surface area contributed by atoms with Gasteiger partial charge in [-0.25, -0.2) is 9.18 Å². The second-order valence-electron chi connectivity index (χ2n) is 3.51. The molecule has 0 spiro atoms. The topological polar surface area (TPSA) is 55.1 Å². The second kappa shape index (κ2) is 4.67. The number of nitrogens with zero attached hydrogens (tertiary/aromatic N) is 2. The number of aromatic nitrogens is 2.